The number of halogens is 1. The molecule has 2 heterocycles. The summed E-state index contributed by atoms with van der Waals surface area (Å²) in [6, 6.07) is 6.35. The number of nitrogens with zero attached hydrogens (tertiary/aromatic N) is 2. The summed E-state index contributed by atoms with van der Waals surface area (Å²) >= 11 is 0. The van der Waals surface area contributed by atoms with Crippen molar-refractivity contribution >= 4 is 5.91 Å². The molecule has 27 heavy (non-hydrogen) atoms. The highest BCUT2D eigenvalue weighted by molar-refractivity contribution is 5.78. The number of ether oxygens (including phenoxy) is 2. The quantitative estimate of drug-likeness (QED) is 0.775. The molecule has 1 aromatic carbocycles. The molecule has 1 N–H and O–H groups in total. The van der Waals surface area contributed by atoms with Crippen LogP contribution in [-0.2, 0) is 9.53 Å². The molecule has 0 radical (unpaired) electrons. The van der Waals surface area contributed by atoms with Crippen LogP contribution in [0.15, 0.2) is 24.3 Å². The molecular weight excluding hydrogens is 349 g/mol. The third-order valence-electron chi connectivity index (χ3n) is 5.31. The number of nitrogens with one attached hydrogen (secondary N) is 1. The molecule has 7 heteroatoms. The van der Waals surface area contributed by atoms with Gasteiger partial charge in [0, 0.05) is 50.8 Å². The largest absolute Gasteiger partial charge is 0.484 e. The van der Waals surface area contributed by atoms with E-state index < -0.39 is 0 Å². The Morgan fingerprint density at radius 2 is 1.96 bits per heavy atom. The Morgan fingerprint density at radius 1 is 1.26 bits per heavy atom. The van der Waals surface area contributed by atoms with E-state index >= 15 is 0 Å². The zero-order valence-corrected chi connectivity index (χ0v) is 16.2. The number of rotatable bonds is 7. The molecule has 1 aromatic rings. The number of carbonyl (C=O) groups is 1. The number of likely N-dealkylation sites (tertiary alicyclic amines) is 1. The van der Waals surface area contributed by atoms with E-state index in [-0.39, 0.29) is 24.4 Å². The van der Waals surface area contributed by atoms with Crippen molar-refractivity contribution in [2.45, 2.75) is 24.9 Å². The smallest absolute Gasteiger partial charge is 0.258 e. The highest BCUT2D eigenvalue weighted by Crippen LogP contribution is 2.24. The first kappa shape index (κ1) is 20.0. The number of hydrogen-bond acceptors (Lipinski definition) is 5. The van der Waals surface area contributed by atoms with Gasteiger partial charge in [0.2, 0.25) is 0 Å². The Bertz CT molecular complexity index is 605. The van der Waals surface area contributed by atoms with Crippen molar-refractivity contribution in [3.63, 3.8) is 0 Å². The summed E-state index contributed by atoms with van der Waals surface area (Å²) in [5.74, 6) is 0.420. The predicted octanol–water partition coefficient (Wildman–Crippen LogP) is 1.36. The molecule has 150 valence electrons. The second-order valence-electron chi connectivity index (χ2n) is 7.74. The molecule has 0 bridgehead atoms. The first-order valence-corrected chi connectivity index (χ1v) is 9.65. The van der Waals surface area contributed by atoms with E-state index in [0.717, 1.165) is 45.7 Å². The second kappa shape index (κ2) is 9.48. The van der Waals surface area contributed by atoms with Crippen molar-refractivity contribution < 1.29 is 18.7 Å². The third kappa shape index (κ3) is 5.89. The van der Waals surface area contributed by atoms with E-state index in [0.29, 0.717) is 17.7 Å². The minimum Gasteiger partial charge on any atom is -0.484 e. The molecule has 1 amide bonds. The van der Waals surface area contributed by atoms with E-state index in [4.69, 9.17) is 9.47 Å². The molecule has 3 rings (SSSR count). The average molecular weight is 379 g/mol. The van der Waals surface area contributed by atoms with Gasteiger partial charge in [-0.2, -0.15) is 0 Å². The lowest BCUT2D eigenvalue weighted by atomic mass is 10.0. The lowest BCUT2D eigenvalue weighted by Crippen LogP contribution is -2.45. The van der Waals surface area contributed by atoms with Gasteiger partial charge in [-0.15, -0.1) is 0 Å². The zero-order chi connectivity index (χ0) is 19.2. The van der Waals surface area contributed by atoms with E-state index in [1.807, 2.05) is 0 Å². The summed E-state index contributed by atoms with van der Waals surface area (Å²) < 4.78 is 23.9. The van der Waals surface area contributed by atoms with Crippen LogP contribution in [0.5, 0.6) is 5.75 Å². The van der Waals surface area contributed by atoms with Gasteiger partial charge in [-0.25, -0.2) is 4.39 Å². The van der Waals surface area contributed by atoms with Crippen LogP contribution >= 0.6 is 0 Å². The Morgan fingerprint density at radius 3 is 2.63 bits per heavy atom. The van der Waals surface area contributed by atoms with Crippen LogP contribution in [0.2, 0.25) is 0 Å². The van der Waals surface area contributed by atoms with Crippen molar-refractivity contribution in [3.05, 3.63) is 30.1 Å². The topological polar surface area (TPSA) is 54.0 Å². The Hall–Kier alpha value is -1.70. The van der Waals surface area contributed by atoms with Gasteiger partial charge >= 0.3 is 0 Å². The maximum absolute atomic E-state index is 12.9. The van der Waals surface area contributed by atoms with Crippen molar-refractivity contribution in [1.29, 1.82) is 0 Å². The summed E-state index contributed by atoms with van der Waals surface area (Å²) in [7, 11) is 4.13. The number of amides is 1. The Labute approximate surface area is 160 Å². The van der Waals surface area contributed by atoms with Crippen LogP contribution in [0.25, 0.3) is 0 Å². The van der Waals surface area contributed by atoms with E-state index in [2.05, 4.69) is 29.2 Å². The lowest BCUT2D eigenvalue weighted by Gasteiger charge is -2.31. The maximum atomic E-state index is 12.9. The van der Waals surface area contributed by atoms with E-state index in [9.17, 15) is 9.18 Å². The van der Waals surface area contributed by atoms with Gasteiger partial charge in [0.15, 0.2) is 6.61 Å². The van der Waals surface area contributed by atoms with Crippen LogP contribution in [0.1, 0.15) is 12.8 Å². The SMILES string of the molecule is CN(C)C[C@@H]1CN(C2CCOCC2)C[C@H]1NC(=O)COc1ccc(F)cc1. The molecule has 0 unspecified atom stereocenters. The van der Waals surface area contributed by atoms with Gasteiger partial charge in [0.1, 0.15) is 11.6 Å². The van der Waals surface area contributed by atoms with Crippen molar-refractivity contribution in [2.24, 2.45) is 5.92 Å². The van der Waals surface area contributed by atoms with Gasteiger partial charge in [0.05, 0.1) is 0 Å². The van der Waals surface area contributed by atoms with Gasteiger partial charge < -0.3 is 19.7 Å². The third-order valence-corrected chi connectivity index (χ3v) is 5.31. The minimum absolute atomic E-state index is 0.0614. The second-order valence-corrected chi connectivity index (χ2v) is 7.74. The van der Waals surface area contributed by atoms with Crippen LogP contribution in [-0.4, -0.2) is 81.3 Å². The summed E-state index contributed by atoms with van der Waals surface area (Å²) in [6.45, 7) is 4.37. The van der Waals surface area contributed by atoms with Gasteiger partial charge in [-0.05, 0) is 51.2 Å². The van der Waals surface area contributed by atoms with Crippen LogP contribution < -0.4 is 10.1 Å². The summed E-state index contributed by atoms with van der Waals surface area (Å²) in [4.78, 5) is 17.1. The highest BCUT2D eigenvalue weighted by atomic mass is 19.1. The first-order valence-electron chi connectivity index (χ1n) is 9.65. The molecule has 6 nitrogen and oxygen atoms in total. The molecule has 0 saturated carbocycles. The average Bonchev–Trinajstić information content (AvgIpc) is 3.04. The van der Waals surface area contributed by atoms with E-state index in [1.54, 1.807) is 0 Å². The molecule has 2 aliphatic rings. The molecule has 2 aliphatic heterocycles. The number of carbonyl (C=O) groups excluding carboxylic acids is 1. The molecule has 2 saturated heterocycles. The first-order chi connectivity index (χ1) is 13.0. The number of hydrogen-bond donors (Lipinski definition) is 1. The minimum atomic E-state index is -0.322. The molecule has 2 fully saturated rings. The fraction of sp³-hybridized carbons (Fsp3) is 0.650. The van der Waals surface area contributed by atoms with Gasteiger partial charge in [-0.3, -0.25) is 9.69 Å². The van der Waals surface area contributed by atoms with Crippen molar-refractivity contribution in [1.82, 2.24) is 15.1 Å². The summed E-state index contributed by atoms with van der Waals surface area (Å²) in [6.07, 6.45) is 2.12. The Balaban J connectivity index is 1.53. The lowest BCUT2D eigenvalue weighted by molar-refractivity contribution is -0.124. The highest BCUT2D eigenvalue weighted by Gasteiger charge is 2.37. The summed E-state index contributed by atoms with van der Waals surface area (Å²) in [5.41, 5.74) is 0. The van der Waals surface area contributed by atoms with Crippen LogP contribution in [0.3, 0.4) is 0 Å². The van der Waals surface area contributed by atoms with Crippen molar-refractivity contribution in [2.75, 3.05) is 53.6 Å². The standard InChI is InChI=1S/C20H30FN3O3/c1-23(2)11-15-12-24(17-7-9-26-10-8-17)13-19(15)22-20(25)14-27-18-5-3-16(21)4-6-18/h3-6,15,17,19H,7-14H2,1-2H3,(H,22,25)/t15-,19-/m1/s1. The van der Waals surface area contributed by atoms with Crippen LogP contribution in [0, 0.1) is 11.7 Å². The van der Waals surface area contributed by atoms with Crippen LogP contribution in [0.4, 0.5) is 4.39 Å². The molecule has 2 atom stereocenters. The number of benzene rings is 1. The fourth-order valence-electron chi connectivity index (χ4n) is 4.00. The Kier molecular flexibility index (Phi) is 7.04. The molecular formula is C20H30FN3O3. The maximum Gasteiger partial charge on any atom is 0.258 e. The van der Waals surface area contributed by atoms with Gasteiger partial charge in [0.25, 0.3) is 5.91 Å². The monoisotopic (exact) mass is 379 g/mol. The summed E-state index contributed by atoms with van der Waals surface area (Å²) in [5, 5.41) is 3.15. The van der Waals surface area contributed by atoms with Crippen molar-refractivity contribution in [3.8, 4) is 5.75 Å². The normalized spacial score (nSPS) is 24.3. The molecule has 0 spiro atoms. The molecule has 0 aliphatic carbocycles. The predicted molar refractivity (Wildman–Crippen MR) is 101 cm³/mol. The van der Waals surface area contributed by atoms with Gasteiger partial charge in [-0.1, -0.05) is 0 Å². The molecule has 0 aromatic heterocycles. The zero-order valence-electron chi connectivity index (χ0n) is 16.2. The van der Waals surface area contributed by atoms with E-state index in [1.165, 1.54) is 24.3 Å². The fourth-order valence-corrected chi connectivity index (χ4v) is 4.00.